The first-order chi connectivity index (χ1) is 28.7. The predicted octanol–water partition coefficient (Wildman–Crippen LogP) is 12.9. The Balaban J connectivity index is 1.05. The number of anilines is 3. The van der Waals surface area contributed by atoms with E-state index in [0.717, 1.165) is 17.1 Å². The molecule has 0 unspecified atom stereocenters. The highest BCUT2D eigenvalue weighted by molar-refractivity contribution is 7.15. The fourth-order valence-electron chi connectivity index (χ4n) is 8.06. The maximum atomic E-state index is 2.50. The van der Waals surface area contributed by atoms with Crippen LogP contribution in [0.25, 0.3) is 39.5 Å². The van der Waals surface area contributed by atoms with Crippen molar-refractivity contribution in [2.45, 2.75) is 0 Å². The van der Waals surface area contributed by atoms with Gasteiger partial charge in [-0.3, -0.25) is 0 Å². The van der Waals surface area contributed by atoms with Gasteiger partial charge in [-0.15, -0.1) is 0 Å². The molecule has 0 bridgehead atoms. The summed E-state index contributed by atoms with van der Waals surface area (Å²) in [4.78, 5) is 2.36. The van der Waals surface area contributed by atoms with Crippen molar-refractivity contribution in [2.24, 2.45) is 0 Å². The molecule has 0 aromatic heterocycles. The van der Waals surface area contributed by atoms with Crippen LogP contribution in [0.4, 0.5) is 17.1 Å². The van der Waals surface area contributed by atoms with Crippen LogP contribution >= 0.6 is 0 Å². The zero-order chi connectivity index (χ0) is 39.0. The third kappa shape index (κ3) is 7.62. The first-order valence-corrected chi connectivity index (χ1v) is 22.0. The van der Waals surface area contributed by atoms with E-state index in [1.54, 1.807) is 0 Å². The van der Waals surface area contributed by atoms with Crippen molar-refractivity contribution in [1.82, 2.24) is 0 Å². The molecule has 276 valence electrons. The van der Waals surface area contributed by atoms with E-state index >= 15 is 0 Å². The van der Waals surface area contributed by atoms with Crippen molar-refractivity contribution in [3.8, 4) is 33.4 Å². The van der Waals surface area contributed by atoms with E-state index in [1.165, 1.54) is 54.5 Å². The van der Waals surface area contributed by atoms with Crippen molar-refractivity contribution in [3.63, 3.8) is 0 Å². The van der Waals surface area contributed by atoms with E-state index in [-0.39, 0.29) is 0 Å². The lowest BCUT2D eigenvalue weighted by Gasteiger charge is -2.30. The zero-order valence-electron chi connectivity index (χ0n) is 32.3. The molecule has 0 N–H and O–H groups in total. The first-order valence-electron chi connectivity index (χ1n) is 19.9. The Bertz CT molecular complexity index is 2550. The Hall–Kier alpha value is -7.26. The second-order valence-electron chi connectivity index (χ2n) is 14.6. The zero-order valence-corrected chi connectivity index (χ0v) is 33.3. The Morgan fingerprint density at radius 3 is 1.03 bits per heavy atom. The van der Waals surface area contributed by atoms with Gasteiger partial charge in [0, 0.05) is 17.1 Å². The van der Waals surface area contributed by atoms with Crippen LogP contribution in [0.5, 0.6) is 0 Å². The van der Waals surface area contributed by atoms with Gasteiger partial charge in [0.2, 0.25) is 0 Å². The maximum Gasteiger partial charge on any atom is 0.172 e. The summed E-state index contributed by atoms with van der Waals surface area (Å²) in [5, 5.41) is 4.11. The van der Waals surface area contributed by atoms with Gasteiger partial charge in [-0.1, -0.05) is 224 Å². The van der Waals surface area contributed by atoms with Gasteiger partial charge in [0.1, 0.15) is 0 Å². The molecule has 0 amide bonds. The second-order valence-corrected chi connectivity index (χ2v) is 18.3. The minimum absolute atomic E-state index is 1.10. The molecule has 9 rings (SSSR count). The van der Waals surface area contributed by atoms with Gasteiger partial charge >= 0.3 is 0 Å². The summed E-state index contributed by atoms with van der Waals surface area (Å²) in [6, 6.07) is 89.9. The Morgan fingerprint density at radius 1 is 0.276 bits per heavy atom. The largest absolute Gasteiger partial charge is 0.310 e. The van der Waals surface area contributed by atoms with E-state index in [2.05, 4.69) is 265 Å². The van der Waals surface area contributed by atoms with Crippen LogP contribution < -0.4 is 20.5 Å². The molecule has 0 saturated carbocycles. The average molecular weight is 758 g/mol. The summed E-state index contributed by atoms with van der Waals surface area (Å²) in [6.07, 6.45) is 2.33. The van der Waals surface area contributed by atoms with Gasteiger partial charge in [-0.05, 0) is 90.9 Å². The number of hydrogen-bond acceptors (Lipinski definition) is 1. The molecule has 0 fully saturated rings. The molecule has 58 heavy (non-hydrogen) atoms. The Labute approximate surface area is 343 Å². The lowest BCUT2D eigenvalue weighted by molar-refractivity contribution is 1.28. The van der Waals surface area contributed by atoms with E-state index in [9.17, 15) is 0 Å². The molecule has 9 aromatic carbocycles. The molecule has 0 spiro atoms. The lowest BCUT2D eigenvalue weighted by Crippen LogP contribution is -2.66. The van der Waals surface area contributed by atoms with Crippen LogP contribution in [0.2, 0.25) is 0 Å². The molecular weight excluding hydrogens is 715 g/mol. The summed E-state index contributed by atoms with van der Waals surface area (Å²) < 4.78 is 0. The number of rotatable bonds is 11. The van der Waals surface area contributed by atoms with Crippen LogP contribution in [0.3, 0.4) is 0 Å². The minimum atomic E-state index is -2.49. The highest BCUT2D eigenvalue weighted by Crippen LogP contribution is 2.39. The number of benzene rings is 9. The summed E-state index contributed by atoms with van der Waals surface area (Å²) in [5.74, 6) is 0. The lowest BCUT2D eigenvalue weighted by atomic mass is 10.0. The summed E-state index contributed by atoms with van der Waals surface area (Å²) >= 11 is 0. The molecule has 0 heterocycles. The second kappa shape index (κ2) is 16.8. The molecule has 0 aliphatic heterocycles. The molecular formula is C56H43NSi. The predicted molar refractivity (Wildman–Crippen MR) is 250 cm³/mol. The third-order valence-corrected chi connectivity index (χ3v) is 15.4. The fourth-order valence-corrected chi connectivity index (χ4v) is 12.2. The first kappa shape index (κ1) is 36.4. The molecule has 1 nitrogen and oxygen atoms in total. The van der Waals surface area contributed by atoms with E-state index in [0.29, 0.717) is 0 Å². The summed E-state index contributed by atoms with van der Waals surface area (Å²) in [6.45, 7) is 0. The van der Waals surface area contributed by atoms with Crippen molar-refractivity contribution >= 4 is 46.8 Å². The average Bonchev–Trinajstić information content (AvgIpc) is 3.32. The van der Waals surface area contributed by atoms with Gasteiger partial charge in [0.25, 0.3) is 0 Å². The maximum absolute atomic E-state index is 2.50. The van der Waals surface area contributed by atoms with E-state index in [1.807, 2.05) is 0 Å². The van der Waals surface area contributed by atoms with Gasteiger partial charge in [-0.25, -0.2) is 0 Å². The van der Waals surface area contributed by atoms with Crippen molar-refractivity contribution < 1.29 is 0 Å². The topological polar surface area (TPSA) is 3.24 Å². The normalized spacial score (nSPS) is 11.4. The molecule has 0 atom stereocenters. The number of nitrogens with zero attached hydrogens (tertiary/aromatic N) is 1. The fraction of sp³-hybridized carbons (Fsp3) is 0. The van der Waals surface area contributed by atoms with E-state index in [4.69, 9.17) is 0 Å². The molecule has 9 aromatic rings. The van der Waals surface area contributed by atoms with Crippen LogP contribution in [0.15, 0.2) is 254 Å². The van der Waals surface area contributed by atoms with Gasteiger partial charge in [-0.2, -0.15) is 0 Å². The molecule has 0 saturated heterocycles. The highest BCUT2D eigenvalue weighted by atomic mass is 28.3. The Kier molecular flexibility index (Phi) is 10.6. The standard InChI is InChI=1S/C56H43NSi/c1-6-18-45(19-7-1)49-22-16-24-52(42-49)57(53-25-17-23-50(43-53)46-20-8-2-9-21-46)51-38-36-48(37-39-51)47-34-32-44(33-35-47)40-41-58(54-26-10-3-11-27-54,55-28-12-4-13-29-55)56-30-14-5-15-31-56/h1-43H/b41-40+. The minimum Gasteiger partial charge on any atom is -0.310 e. The summed E-state index contributed by atoms with van der Waals surface area (Å²) in [5.41, 5.74) is 14.1. The van der Waals surface area contributed by atoms with Gasteiger partial charge < -0.3 is 4.90 Å². The van der Waals surface area contributed by atoms with Gasteiger partial charge in [0.05, 0.1) is 0 Å². The van der Waals surface area contributed by atoms with Crippen molar-refractivity contribution in [2.75, 3.05) is 4.90 Å². The smallest absolute Gasteiger partial charge is 0.172 e. The number of hydrogen-bond donors (Lipinski definition) is 0. The van der Waals surface area contributed by atoms with Gasteiger partial charge in [0.15, 0.2) is 8.07 Å². The molecule has 2 heteroatoms. The third-order valence-electron chi connectivity index (χ3n) is 11.0. The van der Waals surface area contributed by atoms with Crippen LogP contribution in [-0.4, -0.2) is 8.07 Å². The monoisotopic (exact) mass is 757 g/mol. The Morgan fingerprint density at radius 2 is 0.621 bits per heavy atom. The SMILES string of the molecule is C(=C\[Si](c1ccccc1)(c1ccccc1)c1ccccc1)/c1ccc(-c2ccc(N(c3cccc(-c4ccccc4)c3)c3cccc(-c4ccccc4)c3)cc2)cc1. The molecule has 0 radical (unpaired) electrons. The van der Waals surface area contributed by atoms with Crippen molar-refractivity contribution in [3.05, 3.63) is 260 Å². The summed E-state index contributed by atoms with van der Waals surface area (Å²) in [7, 11) is -2.49. The van der Waals surface area contributed by atoms with Crippen molar-refractivity contribution in [1.29, 1.82) is 0 Å². The van der Waals surface area contributed by atoms with Crippen LogP contribution in [0.1, 0.15) is 5.56 Å². The molecule has 0 aliphatic rings. The quantitative estimate of drug-likeness (QED) is 0.0938. The van der Waals surface area contributed by atoms with Crippen LogP contribution in [-0.2, 0) is 0 Å². The highest BCUT2D eigenvalue weighted by Gasteiger charge is 2.36. The van der Waals surface area contributed by atoms with Crippen LogP contribution in [0, 0.1) is 0 Å². The molecule has 0 aliphatic carbocycles. The van der Waals surface area contributed by atoms with E-state index < -0.39 is 8.07 Å².